The van der Waals surface area contributed by atoms with Crippen molar-refractivity contribution in [3.63, 3.8) is 0 Å². The Bertz CT molecular complexity index is 1520. The van der Waals surface area contributed by atoms with Crippen molar-refractivity contribution in [1.29, 1.82) is 0 Å². The van der Waals surface area contributed by atoms with E-state index in [1.165, 1.54) is 0 Å². The molecule has 0 spiro atoms. The summed E-state index contributed by atoms with van der Waals surface area (Å²) in [4.78, 5) is 34.2. The average Bonchev–Trinajstić information content (AvgIpc) is 3.53. The summed E-state index contributed by atoms with van der Waals surface area (Å²) >= 11 is 0. The number of aromatic nitrogens is 8. The number of hydrogen-bond acceptors (Lipinski definition) is 6. The van der Waals surface area contributed by atoms with E-state index < -0.39 is 0 Å². The number of hydrogen-bond donors (Lipinski definition) is 2. The monoisotopic (exact) mass is 458 g/mol. The van der Waals surface area contributed by atoms with E-state index in [1.807, 2.05) is 48.5 Å². The highest BCUT2D eigenvalue weighted by Crippen LogP contribution is 2.29. The van der Waals surface area contributed by atoms with Crippen molar-refractivity contribution >= 4 is 22.1 Å². The number of H-pyrrole nitrogens is 2. The van der Waals surface area contributed by atoms with Gasteiger partial charge in [0.1, 0.15) is 11.6 Å². The van der Waals surface area contributed by atoms with E-state index in [1.54, 1.807) is 24.8 Å². The minimum atomic E-state index is -0.150. The van der Waals surface area contributed by atoms with Gasteiger partial charge in [-0.1, -0.05) is 19.1 Å². The van der Waals surface area contributed by atoms with Gasteiger partial charge in [0.2, 0.25) is 0 Å². The lowest BCUT2D eigenvalue weighted by Gasteiger charge is -2.06. The highest BCUT2D eigenvalue weighted by atomic mass is 15.0. The molecule has 2 N–H and O–H groups in total. The van der Waals surface area contributed by atoms with E-state index >= 15 is 0 Å². The van der Waals surface area contributed by atoms with Crippen LogP contribution in [0.1, 0.15) is 30.9 Å². The van der Waals surface area contributed by atoms with Crippen LogP contribution in [0.5, 0.6) is 0 Å². The van der Waals surface area contributed by atoms with Gasteiger partial charge in [0.15, 0.2) is 11.6 Å². The topological polar surface area (TPSA) is 109 Å². The van der Waals surface area contributed by atoms with Crippen LogP contribution in [0.15, 0.2) is 85.5 Å². The summed E-state index contributed by atoms with van der Waals surface area (Å²) in [5, 5.41) is 0. The summed E-state index contributed by atoms with van der Waals surface area (Å²) < 4.78 is 0. The normalized spacial score (nSPS) is 11.8. The highest BCUT2D eigenvalue weighted by molar-refractivity contribution is 5.82. The fourth-order valence-electron chi connectivity index (χ4n) is 4.11. The first kappa shape index (κ1) is 20.9. The van der Waals surface area contributed by atoms with E-state index in [-0.39, 0.29) is 5.92 Å². The van der Waals surface area contributed by atoms with Crippen LogP contribution in [0.3, 0.4) is 0 Å². The van der Waals surface area contributed by atoms with Crippen molar-refractivity contribution in [2.24, 2.45) is 0 Å². The van der Waals surface area contributed by atoms with E-state index in [4.69, 9.17) is 9.97 Å². The standard InChI is InChI=1S/C27H22N8/c1-2-3-6-19(26-32-20-9-7-17(15-22(20)34-26)24-28-11-4-12-29-24)27-33-21-10-8-18(16-23(21)35-27)25-30-13-5-14-31-25/h3-16,19H,2H2,1H3,(H,32,34)(H,33,35). The van der Waals surface area contributed by atoms with Crippen LogP contribution in [0.25, 0.3) is 44.8 Å². The smallest absolute Gasteiger partial charge is 0.159 e. The molecular weight excluding hydrogens is 436 g/mol. The third-order valence-electron chi connectivity index (χ3n) is 5.80. The van der Waals surface area contributed by atoms with Crippen molar-refractivity contribution in [2.75, 3.05) is 0 Å². The third-order valence-corrected chi connectivity index (χ3v) is 5.80. The number of rotatable bonds is 6. The van der Waals surface area contributed by atoms with Gasteiger partial charge in [-0.2, -0.15) is 0 Å². The number of allylic oxidation sites excluding steroid dienone is 2. The Morgan fingerprint density at radius 3 is 1.66 bits per heavy atom. The summed E-state index contributed by atoms with van der Waals surface area (Å²) in [6, 6.07) is 15.7. The van der Waals surface area contributed by atoms with E-state index in [0.29, 0.717) is 11.6 Å². The highest BCUT2D eigenvalue weighted by Gasteiger charge is 2.20. The molecule has 0 aliphatic rings. The zero-order valence-corrected chi connectivity index (χ0v) is 19.1. The Morgan fingerprint density at radius 2 is 1.20 bits per heavy atom. The van der Waals surface area contributed by atoms with Crippen LogP contribution < -0.4 is 0 Å². The predicted octanol–water partition coefficient (Wildman–Crippen LogP) is 5.45. The van der Waals surface area contributed by atoms with Gasteiger partial charge in [0.05, 0.1) is 28.0 Å². The van der Waals surface area contributed by atoms with Gasteiger partial charge >= 0.3 is 0 Å². The maximum absolute atomic E-state index is 4.88. The van der Waals surface area contributed by atoms with Crippen LogP contribution >= 0.6 is 0 Å². The minimum absolute atomic E-state index is 0.150. The number of fused-ring (bicyclic) bond motifs is 2. The van der Waals surface area contributed by atoms with Gasteiger partial charge in [-0.05, 0) is 55.0 Å². The quantitative estimate of drug-likeness (QED) is 0.321. The van der Waals surface area contributed by atoms with Crippen LogP contribution in [0.4, 0.5) is 0 Å². The zero-order valence-electron chi connectivity index (χ0n) is 19.1. The summed E-state index contributed by atoms with van der Waals surface area (Å²) in [6.07, 6.45) is 12.2. The van der Waals surface area contributed by atoms with Crippen molar-refractivity contribution in [1.82, 2.24) is 39.9 Å². The molecule has 35 heavy (non-hydrogen) atoms. The third kappa shape index (κ3) is 4.06. The van der Waals surface area contributed by atoms with Crippen LogP contribution in [0.2, 0.25) is 0 Å². The van der Waals surface area contributed by atoms with E-state index in [9.17, 15) is 0 Å². The molecule has 0 radical (unpaired) electrons. The molecule has 0 bridgehead atoms. The van der Waals surface area contributed by atoms with Gasteiger partial charge in [0, 0.05) is 35.9 Å². The second-order valence-electron chi connectivity index (χ2n) is 8.17. The SMILES string of the molecule is CCC=CC(c1nc2ccc(-c3ncccn3)cc2[nH]1)c1nc2ccc(-c3ncccn3)cc2[nH]1. The van der Waals surface area contributed by atoms with Crippen molar-refractivity contribution in [3.8, 4) is 22.8 Å². The summed E-state index contributed by atoms with van der Waals surface area (Å²) in [6.45, 7) is 2.11. The molecule has 8 heteroatoms. The van der Waals surface area contributed by atoms with Crippen LogP contribution in [0, 0.1) is 0 Å². The predicted molar refractivity (Wildman–Crippen MR) is 136 cm³/mol. The minimum Gasteiger partial charge on any atom is -0.341 e. The van der Waals surface area contributed by atoms with Gasteiger partial charge in [0.25, 0.3) is 0 Å². The van der Waals surface area contributed by atoms with Crippen molar-refractivity contribution < 1.29 is 0 Å². The molecule has 0 fully saturated rings. The maximum Gasteiger partial charge on any atom is 0.159 e. The van der Waals surface area contributed by atoms with Gasteiger partial charge in [-0.25, -0.2) is 29.9 Å². The van der Waals surface area contributed by atoms with E-state index in [2.05, 4.69) is 49.0 Å². The van der Waals surface area contributed by atoms with Gasteiger partial charge < -0.3 is 9.97 Å². The molecule has 6 aromatic rings. The second-order valence-corrected chi connectivity index (χ2v) is 8.17. The molecule has 170 valence electrons. The molecular formula is C27H22N8. The summed E-state index contributed by atoms with van der Waals surface area (Å²) in [5.74, 6) is 2.86. The number of aromatic amines is 2. The maximum atomic E-state index is 4.88. The summed E-state index contributed by atoms with van der Waals surface area (Å²) in [7, 11) is 0. The molecule has 0 unspecified atom stereocenters. The molecule has 4 aromatic heterocycles. The number of nitrogens with one attached hydrogen (secondary N) is 2. The molecule has 0 aliphatic heterocycles. The summed E-state index contributed by atoms with van der Waals surface area (Å²) in [5.41, 5.74) is 5.50. The molecule has 2 aromatic carbocycles. The Kier molecular flexibility index (Phi) is 5.31. The molecule has 0 aliphatic carbocycles. The molecule has 0 amide bonds. The van der Waals surface area contributed by atoms with Crippen LogP contribution in [-0.4, -0.2) is 39.9 Å². The van der Waals surface area contributed by atoms with Crippen molar-refractivity contribution in [3.05, 3.63) is 97.1 Å². The van der Waals surface area contributed by atoms with E-state index in [0.717, 1.165) is 51.3 Å². The number of imidazole rings is 2. The lowest BCUT2D eigenvalue weighted by atomic mass is 10.1. The fourth-order valence-corrected chi connectivity index (χ4v) is 4.11. The van der Waals surface area contributed by atoms with Crippen molar-refractivity contribution in [2.45, 2.75) is 19.3 Å². The number of nitrogens with zero attached hydrogens (tertiary/aromatic N) is 6. The van der Waals surface area contributed by atoms with Gasteiger partial charge in [-0.3, -0.25) is 0 Å². The molecule has 0 saturated carbocycles. The Hall–Kier alpha value is -4.72. The average molecular weight is 459 g/mol. The Balaban J connectivity index is 1.40. The number of benzene rings is 2. The second kappa shape index (κ2) is 8.90. The molecule has 0 saturated heterocycles. The Morgan fingerprint density at radius 1 is 0.714 bits per heavy atom. The molecule has 0 atom stereocenters. The largest absolute Gasteiger partial charge is 0.341 e. The Labute approximate surface area is 201 Å². The molecule has 6 rings (SSSR count). The zero-order chi connectivity index (χ0) is 23.6. The van der Waals surface area contributed by atoms with Gasteiger partial charge in [-0.15, -0.1) is 0 Å². The lowest BCUT2D eigenvalue weighted by molar-refractivity contribution is 0.854. The first-order valence-corrected chi connectivity index (χ1v) is 11.5. The van der Waals surface area contributed by atoms with Crippen LogP contribution in [-0.2, 0) is 0 Å². The lowest BCUT2D eigenvalue weighted by Crippen LogP contribution is -2.02. The first-order chi connectivity index (χ1) is 17.3. The molecule has 4 heterocycles. The fraction of sp³-hybridized carbons (Fsp3) is 0.111. The molecule has 8 nitrogen and oxygen atoms in total. The first-order valence-electron chi connectivity index (χ1n) is 11.5.